The fourth-order valence-electron chi connectivity index (χ4n) is 4.11. The van der Waals surface area contributed by atoms with Gasteiger partial charge >= 0.3 is 0 Å². The van der Waals surface area contributed by atoms with Gasteiger partial charge in [0.05, 0.1) is 6.54 Å². The highest BCUT2D eigenvalue weighted by atomic mass is 19.3. The normalized spacial score (nSPS) is 14.6. The van der Waals surface area contributed by atoms with E-state index in [0.717, 1.165) is 25.7 Å². The molecule has 0 fully saturated rings. The molecule has 2 aromatic carbocycles. The Kier molecular flexibility index (Phi) is 5.82. The number of unbranched alkanes of at least 4 members (excludes halogenated alkanes) is 2. The number of hydrogen-bond donors (Lipinski definition) is 2. The zero-order chi connectivity index (χ0) is 17.7. The Balaban J connectivity index is 1.96. The second-order valence-electron chi connectivity index (χ2n) is 6.79. The predicted molar refractivity (Wildman–Crippen MR) is 99.1 cm³/mol. The van der Waals surface area contributed by atoms with Gasteiger partial charge in [-0.3, -0.25) is 0 Å². The van der Waals surface area contributed by atoms with Crippen LogP contribution in [0, 0.1) is 0 Å². The molecule has 0 saturated carbocycles. The Hall–Kier alpha value is -1.78. The summed E-state index contributed by atoms with van der Waals surface area (Å²) in [5.41, 5.74) is 10.4. The SMILES string of the molecule is NCCCCCC1(CNCC(F)F)c2ccccc2-c2ccccc21. The van der Waals surface area contributed by atoms with Crippen molar-refractivity contribution in [3.05, 3.63) is 59.7 Å². The number of rotatable bonds is 9. The number of hydrogen-bond acceptors (Lipinski definition) is 2. The molecule has 2 aromatic rings. The van der Waals surface area contributed by atoms with E-state index in [-0.39, 0.29) is 12.0 Å². The minimum atomic E-state index is -2.33. The highest BCUT2D eigenvalue weighted by Gasteiger charge is 2.42. The van der Waals surface area contributed by atoms with Crippen LogP contribution in [0.25, 0.3) is 11.1 Å². The Morgan fingerprint density at radius 1 is 0.880 bits per heavy atom. The van der Waals surface area contributed by atoms with Crippen molar-refractivity contribution < 1.29 is 8.78 Å². The monoisotopic (exact) mass is 344 g/mol. The first kappa shape index (κ1) is 18.0. The lowest BCUT2D eigenvalue weighted by atomic mass is 9.74. The molecule has 3 N–H and O–H groups in total. The minimum absolute atomic E-state index is 0.239. The van der Waals surface area contributed by atoms with Crippen LogP contribution in [-0.2, 0) is 5.41 Å². The van der Waals surface area contributed by atoms with Crippen LogP contribution in [0.1, 0.15) is 36.8 Å². The molecule has 0 atom stereocenters. The van der Waals surface area contributed by atoms with Crippen molar-refractivity contribution in [2.45, 2.75) is 37.5 Å². The Labute approximate surface area is 148 Å². The zero-order valence-corrected chi connectivity index (χ0v) is 14.5. The number of benzene rings is 2. The molecule has 1 aliphatic carbocycles. The third-order valence-corrected chi connectivity index (χ3v) is 5.21. The molecule has 1 aliphatic rings. The van der Waals surface area contributed by atoms with Crippen LogP contribution in [0.4, 0.5) is 8.78 Å². The van der Waals surface area contributed by atoms with Gasteiger partial charge in [0, 0.05) is 12.0 Å². The molecule has 4 heteroatoms. The quantitative estimate of drug-likeness (QED) is 0.665. The molecular formula is C21H26F2N2. The smallest absolute Gasteiger partial charge is 0.250 e. The van der Waals surface area contributed by atoms with Gasteiger partial charge in [0.1, 0.15) is 0 Å². The van der Waals surface area contributed by atoms with Crippen molar-refractivity contribution in [1.29, 1.82) is 0 Å². The van der Waals surface area contributed by atoms with Gasteiger partial charge in [-0.15, -0.1) is 0 Å². The number of nitrogens with two attached hydrogens (primary N) is 1. The third-order valence-electron chi connectivity index (χ3n) is 5.21. The van der Waals surface area contributed by atoms with Crippen LogP contribution in [0.15, 0.2) is 48.5 Å². The molecule has 0 saturated heterocycles. The number of nitrogens with one attached hydrogen (secondary N) is 1. The van der Waals surface area contributed by atoms with Crippen LogP contribution < -0.4 is 11.1 Å². The van der Waals surface area contributed by atoms with Crippen LogP contribution in [0.3, 0.4) is 0 Å². The van der Waals surface area contributed by atoms with E-state index in [1.165, 1.54) is 22.3 Å². The summed E-state index contributed by atoms with van der Waals surface area (Å²) in [5, 5.41) is 3.02. The van der Waals surface area contributed by atoms with Crippen LogP contribution in [-0.4, -0.2) is 26.1 Å². The standard InChI is InChI=1S/C21H26F2N2/c22-20(23)14-25-15-21(12-6-1-7-13-24)18-10-4-2-8-16(18)17-9-3-5-11-19(17)21/h2-5,8-11,20,25H,1,6-7,12-15,24H2. The summed E-state index contributed by atoms with van der Waals surface area (Å²) < 4.78 is 25.4. The summed E-state index contributed by atoms with van der Waals surface area (Å²) in [7, 11) is 0. The average Bonchev–Trinajstić information content (AvgIpc) is 2.90. The van der Waals surface area contributed by atoms with Crippen molar-refractivity contribution in [1.82, 2.24) is 5.32 Å². The van der Waals surface area contributed by atoms with E-state index in [2.05, 4.69) is 29.6 Å². The van der Waals surface area contributed by atoms with E-state index in [1.54, 1.807) is 0 Å². The molecule has 134 valence electrons. The van der Waals surface area contributed by atoms with Gasteiger partial charge in [-0.1, -0.05) is 61.4 Å². The van der Waals surface area contributed by atoms with Crippen molar-refractivity contribution >= 4 is 0 Å². The number of fused-ring (bicyclic) bond motifs is 3. The van der Waals surface area contributed by atoms with Gasteiger partial charge in [-0.25, -0.2) is 8.78 Å². The Morgan fingerprint density at radius 2 is 1.48 bits per heavy atom. The molecule has 0 unspecified atom stereocenters. The van der Waals surface area contributed by atoms with Crippen molar-refractivity contribution in [3.8, 4) is 11.1 Å². The summed E-state index contributed by atoms with van der Waals surface area (Å²) in [6.07, 6.45) is 1.72. The zero-order valence-electron chi connectivity index (χ0n) is 14.5. The number of alkyl halides is 2. The summed E-state index contributed by atoms with van der Waals surface area (Å²) in [6, 6.07) is 16.8. The van der Waals surface area contributed by atoms with E-state index in [9.17, 15) is 8.78 Å². The van der Waals surface area contributed by atoms with Gasteiger partial charge in [0.15, 0.2) is 0 Å². The van der Waals surface area contributed by atoms with Crippen molar-refractivity contribution in [3.63, 3.8) is 0 Å². The topological polar surface area (TPSA) is 38.0 Å². The van der Waals surface area contributed by atoms with Crippen molar-refractivity contribution in [2.75, 3.05) is 19.6 Å². The van der Waals surface area contributed by atoms with E-state index < -0.39 is 6.43 Å². The lowest BCUT2D eigenvalue weighted by Gasteiger charge is -2.33. The summed E-state index contributed by atoms with van der Waals surface area (Å²) in [5.74, 6) is 0. The highest BCUT2D eigenvalue weighted by molar-refractivity contribution is 5.81. The summed E-state index contributed by atoms with van der Waals surface area (Å²) in [6.45, 7) is 0.965. The van der Waals surface area contributed by atoms with E-state index in [1.807, 2.05) is 24.3 Å². The molecule has 2 nitrogen and oxygen atoms in total. The van der Waals surface area contributed by atoms with E-state index >= 15 is 0 Å². The molecule has 3 rings (SSSR count). The third kappa shape index (κ3) is 3.60. The van der Waals surface area contributed by atoms with Gasteiger partial charge in [-0.05, 0) is 41.6 Å². The second kappa shape index (κ2) is 8.07. The molecule has 0 bridgehead atoms. The summed E-state index contributed by atoms with van der Waals surface area (Å²) >= 11 is 0. The Morgan fingerprint density at radius 3 is 2.04 bits per heavy atom. The van der Waals surface area contributed by atoms with Gasteiger partial charge in [-0.2, -0.15) is 0 Å². The average molecular weight is 344 g/mol. The van der Waals surface area contributed by atoms with Gasteiger partial charge in [0.25, 0.3) is 6.43 Å². The molecule has 0 spiro atoms. The lowest BCUT2D eigenvalue weighted by molar-refractivity contribution is 0.143. The van der Waals surface area contributed by atoms with Gasteiger partial charge in [0.2, 0.25) is 0 Å². The van der Waals surface area contributed by atoms with Crippen LogP contribution in [0.2, 0.25) is 0 Å². The maximum Gasteiger partial charge on any atom is 0.250 e. The van der Waals surface area contributed by atoms with Crippen LogP contribution in [0.5, 0.6) is 0 Å². The molecule has 25 heavy (non-hydrogen) atoms. The van der Waals surface area contributed by atoms with E-state index in [0.29, 0.717) is 13.1 Å². The molecule has 0 heterocycles. The molecule has 0 aliphatic heterocycles. The van der Waals surface area contributed by atoms with Crippen molar-refractivity contribution in [2.24, 2.45) is 5.73 Å². The molecular weight excluding hydrogens is 318 g/mol. The largest absolute Gasteiger partial charge is 0.330 e. The molecule has 0 amide bonds. The minimum Gasteiger partial charge on any atom is -0.330 e. The second-order valence-corrected chi connectivity index (χ2v) is 6.79. The first-order valence-corrected chi connectivity index (χ1v) is 9.07. The first-order valence-electron chi connectivity index (χ1n) is 9.07. The van der Waals surface area contributed by atoms with E-state index in [4.69, 9.17) is 5.73 Å². The van der Waals surface area contributed by atoms with Gasteiger partial charge < -0.3 is 11.1 Å². The predicted octanol–water partition coefficient (Wildman–Crippen LogP) is 4.33. The lowest BCUT2D eigenvalue weighted by Crippen LogP contribution is -2.39. The first-order chi connectivity index (χ1) is 12.2. The van der Waals surface area contributed by atoms with Crippen LogP contribution >= 0.6 is 0 Å². The fourth-order valence-corrected chi connectivity index (χ4v) is 4.11. The highest BCUT2D eigenvalue weighted by Crippen LogP contribution is 2.51. The number of halogens is 2. The summed E-state index contributed by atoms with van der Waals surface area (Å²) in [4.78, 5) is 0. The Bertz CT molecular complexity index is 654. The molecule has 0 radical (unpaired) electrons. The molecule has 0 aromatic heterocycles. The maximum atomic E-state index is 12.7. The maximum absolute atomic E-state index is 12.7. The fraction of sp³-hybridized carbons (Fsp3) is 0.429.